The average Bonchev–Trinajstić information content (AvgIpc) is 3.18. The maximum Gasteiger partial charge on any atom is 0.187 e. The van der Waals surface area contributed by atoms with Gasteiger partial charge in [0.1, 0.15) is 29.7 Å². The van der Waals surface area contributed by atoms with Gasteiger partial charge < -0.3 is 9.15 Å². The van der Waals surface area contributed by atoms with Crippen molar-refractivity contribution in [1.29, 1.82) is 0 Å². The summed E-state index contributed by atoms with van der Waals surface area (Å²) in [6, 6.07) is 11.3. The SMILES string of the molecule is Cc1cc(C(=O)/C=C/c2ccc(COc3ccc(F)cc3)o2)c(C)s1. The van der Waals surface area contributed by atoms with Crippen LogP contribution < -0.4 is 4.74 Å². The number of aryl methyl sites for hydroxylation is 2. The van der Waals surface area contributed by atoms with E-state index >= 15 is 0 Å². The third kappa shape index (κ3) is 4.45. The fourth-order valence-corrected chi connectivity index (χ4v) is 3.30. The van der Waals surface area contributed by atoms with Crippen LogP contribution in [0.1, 0.15) is 31.6 Å². The van der Waals surface area contributed by atoms with Gasteiger partial charge in [0.15, 0.2) is 5.78 Å². The molecule has 1 aromatic carbocycles. The second-order valence-corrected chi connectivity index (χ2v) is 7.03. The molecule has 0 radical (unpaired) electrons. The molecule has 0 aliphatic heterocycles. The van der Waals surface area contributed by atoms with E-state index in [1.54, 1.807) is 41.7 Å². The number of carbonyl (C=O) groups is 1. The molecule has 2 heterocycles. The lowest BCUT2D eigenvalue weighted by molar-refractivity contribution is 0.104. The number of ether oxygens (including phenoxy) is 1. The van der Waals surface area contributed by atoms with Crippen LogP contribution in [0.4, 0.5) is 4.39 Å². The number of thiophene rings is 1. The minimum atomic E-state index is -0.307. The molecular formula is C20H17FO3S. The van der Waals surface area contributed by atoms with E-state index in [1.807, 2.05) is 19.9 Å². The summed E-state index contributed by atoms with van der Waals surface area (Å²) in [6.45, 7) is 4.16. The van der Waals surface area contributed by atoms with Crippen molar-refractivity contribution in [2.75, 3.05) is 0 Å². The Morgan fingerprint density at radius 1 is 1.20 bits per heavy atom. The Balaban J connectivity index is 1.60. The Kier molecular flexibility index (Phi) is 5.14. The van der Waals surface area contributed by atoms with Crippen molar-refractivity contribution >= 4 is 23.2 Å². The number of hydrogen-bond acceptors (Lipinski definition) is 4. The number of halogens is 1. The summed E-state index contributed by atoms with van der Waals surface area (Å²) in [5.41, 5.74) is 0.727. The molecule has 0 spiro atoms. The molecule has 0 aliphatic carbocycles. The maximum atomic E-state index is 12.8. The van der Waals surface area contributed by atoms with Crippen LogP contribution in [0.5, 0.6) is 5.75 Å². The fraction of sp³-hybridized carbons (Fsp3) is 0.150. The third-order valence-electron chi connectivity index (χ3n) is 3.58. The summed E-state index contributed by atoms with van der Waals surface area (Å²) in [4.78, 5) is 14.4. The third-order valence-corrected chi connectivity index (χ3v) is 4.55. The Hall–Kier alpha value is -2.66. The van der Waals surface area contributed by atoms with Crippen LogP contribution in [0.3, 0.4) is 0 Å². The van der Waals surface area contributed by atoms with E-state index in [1.165, 1.54) is 18.2 Å². The lowest BCUT2D eigenvalue weighted by Gasteiger charge is -2.03. The minimum absolute atomic E-state index is 0.0395. The van der Waals surface area contributed by atoms with Crippen LogP contribution in [0, 0.1) is 19.7 Å². The minimum Gasteiger partial charge on any atom is -0.486 e. The van der Waals surface area contributed by atoms with Gasteiger partial charge in [-0.3, -0.25) is 4.79 Å². The highest BCUT2D eigenvalue weighted by Gasteiger charge is 2.09. The normalized spacial score (nSPS) is 11.2. The standard InChI is InChI=1S/C20H17FO3S/c1-13-11-19(14(2)25-13)20(22)10-9-17-7-8-18(24-17)12-23-16-5-3-15(21)4-6-16/h3-11H,12H2,1-2H3/b10-9+. The largest absolute Gasteiger partial charge is 0.486 e. The van der Waals surface area contributed by atoms with Crippen molar-refractivity contribution in [1.82, 2.24) is 0 Å². The maximum absolute atomic E-state index is 12.8. The van der Waals surface area contributed by atoms with Gasteiger partial charge in [0, 0.05) is 15.3 Å². The number of hydrogen-bond donors (Lipinski definition) is 0. The van der Waals surface area contributed by atoms with Gasteiger partial charge in [0.25, 0.3) is 0 Å². The Labute approximate surface area is 149 Å². The highest BCUT2D eigenvalue weighted by molar-refractivity contribution is 7.12. The Morgan fingerprint density at radius 2 is 1.96 bits per heavy atom. The monoisotopic (exact) mass is 356 g/mol. The van der Waals surface area contributed by atoms with E-state index in [0.717, 1.165) is 15.3 Å². The van der Waals surface area contributed by atoms with Gasteiger partial charge in [-0.1, -0.05) is 0 Å². The Bertz CT molecular complexity index is 903. The molecule has 3 rings (SSSR count). The molecule has 0 bridgehead atoms. The summed E-state index contributed by atoms with van der Waals surface area (Å²) < 4.78 is 24.0. The first-order chi connectivity index (χ1) is 12.0. The highest BCUT2D eigenvalue weighted by Crippen LogP contribution is 2.22. The van der Waals surface area contributed by atoms with Crippen LogP contribution in [-0.2, 0) is 6.61 Å². The molecular weight excluding hydrogens is 339 g/mol. The first kappa shape index (κ1) is 17.2. The summed E-state index contributed by atoms with van der Waals surface area (Å²) in [7, 11) is 0. The zero-order valence-corrected chi connectivity index (χ0v) is 14.7. The molecule has 0 saturated heterocycles. The smallest absolute Gasteiger partial charge is 0.187 e. The van der Waals surface area contributed by atoms with E-state index in [4.69, 9.17) is 9.15 Å². The molecule has 2 aromatic heterocycles. The molecule has 0 saturated carbocycles. The van der Waals surface area contributed by atoms with E-state index in [9.17, 15) is 9.18 Å². The Morgan fingerprint density at radius 3 is 2.64 bits per heavy atom. The van der Waals surface area contributed by atoms with Crippen molar-refractivity contribution in [2.24, 2.45) is 0 Å². The van der Waals surface area contributed by atoms with Crippen LogP contribution in [-0.4, -0.2) is 5.78 Å². The quantitative estimate of drug-likeness (QED) is 0.428. The molecule has 0 atom stereocenters. The van der Waals surface area contributed by atoms with Gasteiger partial charge in [-0.2, -0.15) is 0 Å². The molecule has 3 nitrogen and oxygen atoms in total. The predicted molar refractivity (Wildman–Crippen MR) is 96.6 cm³/mol. The number of ketones is 1. The molecule has 3 aromatic rings. The number of carbonyl (C=O) groups excluding carboxylic acids is 1. The second kappa shape index (κ2) is 7.49. The van der Waals surface area contributed by atoms with Gasteiger partial charge in [-0.05, 0) is 68.5 Å². The van der Waals surface area contributed by atoms with Crippen LogP contribution in [0.2, 0.25) is 0 Å². The predicted octanol–water partition coefficient (Wildman–Crippen LogP) is 5.57. The zero-order chi connectivity index (χ0) is 17.8. The highest BCUT2D eigenvalue weighted by atomic mass is 32.1. The lowest BCUT2D eigenvalue weighted by Crippen LogP contribution is -1.94. The van der Waals surface area contributed by atoms with E-state index in [2.05, 4.69) is 0 Å². The van der Waals surface area contributed by atoms with Gasteiger partial charge in [-0.15, -0.1) is 11.3 Å². The zero-order valence-electron chi connectivity index (χ0n) is 13.9. The van der Waals surface area contributed by atoms with Crippen molar-refractivity contribution < 1.29 is 18.3 Å². The molecule has 0 amide bonds. The van der Waals surface area contributed by atoms with E-state index in [0.29, 0.717) is 17.3 Å². The first-order valence-electron chi connectivity index (χ1n) is 7.78. The molecule has 0 aliphatic rings. The van der Waals surface area contributed by atoms with Gasteiger partial charge in [0.2, 0.25) is 0 Å². The summed E-state index contributed by atoms with van der Waals surface area (Å²) in [6.07, 6.45) is 3.16. The average molecular weight is 356 g/mol. The second-order valence-electron chi connectivity index (χ2n) is 5.57. The van der Waals surface area contributed by atoms with Crippen molar-refractivity contribution in [2.45, 2.75) is 20.5 Å². The first-order valence-corrected chi connectivity index (χ1v) is 8.59. The lowest BCUT2D eigenvalue weighted by atomic mass is 10.1. The molecule has 0 unspecified atom stereocenters. The van der Waals surface area contributed by atoms with Crippen molar-refractivity contribution in [3.05, 3.63) is 81.2 Å². The summed E-state index contributed by atoms with van der Waals surface area (Å²) in [5.74, 6) is 1.42. The number of benzene rings is 1. The molecule has 5 heteroatoms. The topological polar surface area (TPSA) is 39.4 Å². The number of allylic oxidation sites excluding steroid dienone is 1. The van der Waals surface area contributed by atoms with E-state index < -0.39 is 0 Å². The molecule has 0 N–H and O–H groups in total. The molecule has 0 fully saturated rings. The van der Waals surface area contributed by atoms with Crippen LogP contribution >= 0.6 is 11.3 Å². The number of furan rings is 1. The van der Waals surface area contributed by atoms with Crippen LogP contribution in [0.15, 0.2) is 53.0 Å². The van der Waals surface area contributed by atoms with Gasteiger partial charge in [0.05, 0.1) is 0 Å². The van der Waals surface area contributed by atoms with Crippen molar-refractivity contribution in [3.63, 3.8) is 0 Å². The summed E-state index contributed by atoms with van der Waals surface area (Å²) in [5, 5.41) is 0. The molecule has 25 heavy (non-hydrogen) atoms. The fourth-order valence-electron chi connectivity index (χ4n) is 2.37. The van der Waals surface area contributed by atoms with Crippen LogP contribution in [0.25, 0.3) is 6.08 Å². The van der Waals surface area contributed by atoms with E-state index in [-0.39, 0.29) is 18.2 Å². The van der Waals surface area contributed by atoms with Gasteiger partial charge >= 0.3 is 0 Å². The molecule has 128 valence electrons. The van der Waals surface area contributed by atoms with Crippen molar-refractivity contribution in [3.8, 4) is 5.75 Å². The number of rotatable bonds is 6. The summed E-state index contributed by atoms with van der Waals surface area (Å²) >= 11 is 1.61. The van der Waals surface area contributed by atoms with Gasteiger partial charge in [-0.25, -0.2) is 4.39 Å².